The topological polar surface area (TPSA) is 24.5 Å². The van der Waals surface area contributed by atoms with Gasteiger partial charge < -0.3 is 15.0 Å². The third-order valence-corrected chi connectivity index (χ3v) is 4.77. The number of hydrogen-bond acceptors (Lipinski definition) is 3. The molecule has 18 heavy (non-hydrogen) atoms. The summed E-state index contributed by atoms with van der Waals surface area (Å²) in [5, 5.41) is 3.87. The van der Waals surface area contributed by atoms with Gasteiger partial charge in [-0.2, -0.15) is 0 Å². The molecule has 0 aromatic carbocycles. The Morgan fingerprint density at radius 1 is 1.17 bits per heavy atom. The van der Waals surface area contributed by atoms with E-state index in [0.717, 1.165) is 12.0 Å². The largest absolute Gasteiger partial charge is 0.373 e. The van der Waals surface area contributed by atoms with Crippen LogP contribution in [-0.4, -0.2) is 48.8 Å². The van der Waals surface area contributed by atoms with E-state index < -0.39 is 0 Å². The van der Waals surface area contributed by atoms with Crippen LogP contribution in [0.25, 0.3) is 0 Å². The van der Waals surface area contributed by atoms with Crippen molar-refractivity contribution in [3.05, 3.63) is 0 Å². The molecular formula is C15H28N2O. The van der Waals surface area contributed by atoms with Crippen LogP contribution in [0.2, 0.25) is 0 Å². The van der Waals surface area contributed by atoms with Gasteiger partial charge in [-0.25, -0.2) is 0 Å². The van der Waals surface area contributed by atoms with Crippen LogP contribution in [-0.2, 0) is 4.74 Å². The molecule has 3 heterocycles. The fourth-order valence-electron chi connectivity index (χ4n) is 3.91. The molecule has 3 fully saturated rings. The van der Waals surface area contributed by atoms with Gasteiger partial charge in [0.2, 0.25) is 0 Å². The van der Waals surface area contributed by atoms with Gasteiger partial charge in [0, 0.05) is 18.6 Å². The Bertz CT molecular complexity index is 274. The summed E-state index contributed by atoms with van der Waals surface area (Å²) >= 11 is 0. The van der Waals surface area contributed by atoms with Gasteiger partial charge >= 0.3 is 0 Å². The standard InChI is InChI=1S/C15H28N2O/c1-11(2)10-17-7-5-12(6-8-17)16-14-9-13-3-4-15(14)18-13/h11-16H,3-10H2,1-2H3/t13-,14+,15-/m1/s1. The van der Waals surface area contributed by atoms with Gasteiger partial charge in [-0.1, -0.05) is 13.8 Å². The molecule has 3 saturated heterocycles. The molecule has 3 nitrogen and oxygen atoms in total. The van der Waals surface area contributed by atoms with Crippen molar-refractivity contribution < 1.29 is 4.74 Å². The summed E-state index contributed by atoms with van der Waals surface area (Å²) in [5.41, 5.74) is 0. The van der Waals surface area contributed by atoms with E-state index in [2.05, 4.69) is 24.1 Å². The van der Waals surface area contributed by atoms with Crippen molar-refractivity contribution in [1.82, 2.24) is 10.2 Å². The SMILES string of the molecule is CC(C)CN1CCC(N[C@H]2C[C@H]3CC[C@H]2O3)CC1. The quantitative estimate of drug-likeness (QED) is 0.828. The normalized spacial score (nSPS) is 37.8. The number of piperidine rings is 1. The van der Waals surface area contributed by atoms with Crippen molar-refractivity contribution >= 4 is 0 Å². The number of nitrogens with one attached hydrogen (secondary N) is 1. The van der Waals surface area contributed by atoms with Gasteiger partial charge in [-0.05, 0) is 51.1 Å². The molecule has 3 rings (SSSR count). The lowest BCUT2D eigenvalue weighted by Gasteiger charge is -2.35. The fourth-order valence-corrected chi connectivity index (χ4v) is 3.91. The Morgan fingerprint density at radius 3 is 2.50 bits per heavy atom. The maximum absolute atomic E-state index is 5.93. The number of fused-ring (bicyclic) bond motifs is 2. The highest BCUT2D eigenvalue weighted by molar-refractivity contribution is 4.95. The summed E-state index contributed by atoms with van der Waals surface area (Å²) in [6.45, 7) is 8.45. The van der Waals surface area contributed by atoms with Crippen molar-refractivity contribution in [1.29, 1.82) is 0 Å². The van der Waals surface area contributed by atoms with E-state index in [0.29, 0.717) is 18.2 Å². The van der Waals surface area contributed by atoms with E-state index in [4.69, 9.17) is 4.74 Å². The van der Waals surface area contributed by atoms with Crippen LogP contribution in [0.15, 0.2) is 0 Å². The number of ether oxygens (including phenoxy) is 1. The minimum atomic E-state index is 0.531. The van der Waals surface area contributed by atoms with Gasteiger partial charge in [0.15, 0.2) is 0 Å². The third-order valence-electron chi connectivity index (χ3n) is 4.77. The van der Waals surface area contributed by atoms with E-state index in [9.17, 15) is 0 Å². The molecule has 0 radical (unpaired) electrons. The van der Waals surface area contributed by atoms with E-state index >= 15 is 0 Å². The molecule has 0 aromatic rings. The van der Waals surface area contributed by atoms with Crippen LogP contribution < -0.4 is 5.32 Å². The molecule has 3 aliphatic rings. The maximum Gasteiger partial charge on any atom is 0.0733 e. The van der Waals surface area contributed by atoms with Gasteiger partial charge in [-0.15, -0.1) is 0 Å². The van der Waals surface area contributed by atoms with Crippen molar-refractivity contribution in [2.45, 2.75) is 70.2 Å². The second-order valence-corrected chi connectivity index (χ2v) is 6.85. The summed E-state index contributed by atoms with van der Waals surface area (Å²) in [5.74, 6) is 0.800. The monoisotopic (exact) mass is 252 g/mol. The molecule has 0 amide bonds. The lowest BCUT2D eigenvalue weighted by Crippen LogP contribution is -2.49. The predicted octanol–water partition coefficient (Wildman–Crippen LogP) is 2.02. The van der Waals surface area contributed by atoms with Crippen LogP contribution in [0.1, 0.15) is 46.0 Å². The molecule has 3 aliphatic heterocycles. The van der Waals surface area contributed by atoms with Crippen LogP contribution in [0.3, 0.4) is 0 Å². The zero-order valence-electron chi connectivity index (χ0n) is 11.9. The van der Waals surface area contributed by atoms with Crippen LogP contribution in [0.4, 0.5) is 0 Å². The Balaban J connectivity index is 1.40. The highest BCUT2D eigenvalue weighted by Crippen LogP contribution is 2.34. The highest BCUT2D eigenvalue weighted by Gasteiger charge is 2.41. The zero-order valence-corrected chi connectivity index (χ0v) is 11.9. The van der Waals surface area contributed by atoms with E-state index in [1.54, 1.807) is 0 Å². The Labute approximate surface area is 111 Å². The molecule has 0 aromatic heterocycles. The number of hydrogen-bond donors (Lipinski definition) is 1. The summed E-state index contributed by atoms with van der Waals surface area (Å²) in [7, 11) is 0. The summed E-state index contributed by atoms with van der Waals surface area (Å²) < 4.78 is 5.93. The first-order valence-corrected chi connectivity index (χ1v) is 7.84. The van der Waals surface area contributed by atoms with Crippen molar-refractivity contribution in [3.63, 3.8) is 0 Å². The first-order valence-electron chi connectivity index (χ1n) is 7.84. The minimum absolute atomic E-state index is 0.531. The molecule has 3 heteroatoms. The summed E-state index contributed by atoms with van der Waals surface area (Å²) in [6, 6.07) is 1.40. The number of nitrogens with zero attached hydrogens (tertiary/aromatic N) is 1. The molecule has 3 atom stereocenters. The second-order valence-electron chi connectivity index (χ2n) is 6.85. The second kappa shape index (κ2) is 5.48. The molecule has 2 bridgehead atoms. The van der Waals surface area contributed by atoms with Crippen molar-refractivity contribution in [3.8, 4) is 0 Å². The third kappa shape index (κ3) is 2.89. The van der Waals surface area contributed by atoms with Crippen molar-refractivity contribution in [2.75, 3.05) is 19.6 Å². The molecule has 0 spiro atoms. The Hall–Kier alpha value is -0.120. The molecule has 0 aliphatic carbocycles. The maximum atomic E-state index is 5.93. The van der Waals surface area contributed by atoms with Crippen LogP contribution in [0, 0.1) is 5.92 Å². The molecule has 1 N–H and O–H groups in total. The minimum Gasteiger partial charge on any atom is -0.373 e. The first-order chi connectivity index (χ1) is 8.70. The lowest BCUT2D eigenvalue weighted by molar-refractivity contribution is 0.0930. The number of rotatable bonds is 4. The first kappa shape index (κ1) is 12.9. The van der Waals surface area contributed by atoms with Gasteiger partial charge in [0.1, 0.15) is 0 Å². The highest BCUT2D eigenvalue weighted by atomic mass is 16.5. The van der Waals surface area contributed by atoms with E-state index in [1.165, 1.54) is 51.7 Å². The zero-order chi connectivity index (χ0) is 12.5. The average molecular weight is 252 g/mol. The van der Waals surface area contributed by atoms with Crippen LogP contribution in [0.5, 0.6) is 0 Å². The lowest BCUT2D eigenvalue weighted by atomic mass is 9.93. The molecule has 104 valence electrons. The van der Waals surface area contributed by atoms with Crippen molar-refractivity contribution in [2.24, 2.45) is 5.92 Å². The van der Waals surface area contributed by atoms with E-state index in [-0.39, 0.29) is 0 Å². The van der Waals surface area contributed by atoms with Gasteiger partial charge in [0.25, 0.3) is 0 Å². The average Bonchev–Trinajstić information content (AvgIpc) is 2.93. The Kier molecular flexibility index (Phi) is 3.92. The molecular weight excluding hydrogens is 224 g/mol. The smallest absolute Gasteiger partial charge is 0.0733 e. The molecule has 0 saturated carbocycles. The van der Waals surface area contributed by atoms with Gasteiger partial charge in [0.05, 0.1) is 12.2 Å². The van der Waals surface area contributed by atoms with Crippen LogP contribution >= 0.6 is 0 Å². The Morgan fingerprint density at radius 2 is 1.94 bits per heavy atom. The fraction of sp³-hybridized carbons (Fsp3) is 1.00. The summed E-state index contributed by atoms with van der Waals surface area (Å²) in [4.78, 5) is 2.63. The predicted molar refractivity (Wildman–Crippen MR) is 73.7 cm³/mol. The number of likely N-dealkylation sites (tertiary alicyclic amines) is 1. The van der Waals surface area contributed by atoms with E-state index in [1.807, 2.05) is 0 Å². The summed E-state index contributed by atoms with van der Waals surface area (Å²) in [6.07, 6.45) is 7.60. The van der Waals surface area contributed by atoms with Gasteiger partial charge in [-0.3, -0.25) is 0 Å². The molecule has 0 unspecified atom stereocenters.